The number of para-hydroxylation sites is 2. The summed E-state index contributed by atoms with van der Waals surface area (Å²) >= 11 is 0. The van der Waals surface area contributed by atoms with Crippen LogP contribution in [-0.2, 0) is 0 Å². The Hall–Kier alpha value is -10.2. The molecule has 9 heteroatoms. The highest BCUT2D eigenvalue weighted by Gasteiger charge is 2.23. The lowest BCUT2D eigenvalue weighted by Crippen LogP contribution is -2.02. The number of nitriles is 4. The van der Waals surface area contributed by atoms with Gasteiger partial charge in [-0.1, -0.05) is 66.7 Å². The monoisotopic (exact) mass is 825 g/mol. The molecule has 0 amide bonds. The fourth-order valence-corrected chi connectivity index (χ4v) is 9.17. The minimum atomic E-state index is 0.228. The summed E-state index contributed by atoms with van der Waals surface area (Å²) in [5, 5.41) is 44.0. The van der Waals surface area contributed by atoms with E-state index in [4.69, 9.17) is 19.7 Å². The van der Waals surface area contributed by atoms with Crippen LogP contribution in [0.3, 0.4) is 0 Å². The largest absolute Gasteiger partial charge is 0.309 e. The maximum absolute atomic E-state index is 10.4. The van der Waals surface area contributed by atoms with E-state index in [9.17, 15) is 21.0 Å². The molecule has 2 aromatic heterocycles. The van der Waals surface area contributed by atoms with Gasteiger partial charge in [0.25, 0.3) is 0 Å². The summed E-state index contributed by atoms with van der Waals surface area (Å²) in [6.07, 6.45) is 0. The van der Waals surface area contributed by atoms with Crippen LogP contribution in [0.25, 0.3) is 103 Å². The predicted molar refractivity (Wildman–Crippen MR) is 254 cm³/mol. The van der Waals surface area contributed by atoms with Crippen LogP contribution in [0.5, 0.6) is 0 Å². The summed E-state index contributed by atoms with van der Waals surface area (Å²) in [5.41, 5.74) is 12.3. The van der Waals surface area contributed by atoms with Crippen molar-refractivity contribution < 1.29 is 0 Å². The van der Waals surface area contributed by atoms with Crippen LogP contribution in [0.1, 0.15) is 27.8 Å². The molecule has 65 heavy (non-hydrogen) atoms. The maximum Gasteiger partial charge on any atom is 0.197 e. The first kappa shape index (κ1) is 39.0. The summed E-state index contributed by atoms with van der Waals surface area (Å²) in [4.78, 5) is 10.9. The van der Waals surface area contributed by atoms with E-state index in [-0.39, 0.29) is 33.8 Å². The molecule has 0 aliphatic heterocycles. The van der Waals surface area contributed by atoms with Crippen molar-refractivity contribution in [1.29, 1.82) is 21.0 Å². The molecule has 10 aromatic rings. The minimum absolute atomic E-state index is 0.228. The molecule has 2 heterocycles. The maximum atomic E-state index is 10.4. The van der Waals surface area contributed by atoms with E-state index in [1.165, 1.54) is 24.3 Å². The fourth-order valence-electron chi connectivity index (χ4n) is 9.17. The number of rotatable bonds is 5. The molecule has 10 rings (SSSR count). The molecule has 296 valence electrons. The molecule has 0 saturated carbocycles. The molecule has 8 aromatic carbocycles. The molecule has 0 radical (unpaired) electrons. The number of aromatic nitrogens is 2. The number of fused-ring (bicyclic) bond motifs is 6. The second kappa shape index (κ2) is 15.4. The third-order valence-corrected chi connectivity index (χ3v) is 11.9. The van der Waals surface area contributed by atoms with Gasteiger partial charge in [0.05, 0.1) is 88.6 Å². The van der Waals surface area contributed by atoms with Gasteiger partial charge >= 0.3 is 0 Å². The molecule has 0 aliphatic rings. The molecular formula is C56H27N9. The molecular weight excluding hydrogens is 799 g/mol. The Morgan fingerprint density at radius 3 is 1.55 bits per heavy atom. The van der Waals surface area contributed by atoms with Crippen LogP contribution in [0.2, 0.25) is 0 Å². The zero-order chi connectivity index (χ0) is 44.9. The quantitative estimate of drug-likeness (QED) is 0.161. The second-order valence-corrected chi connectivity index (χ2v) is 15.5. The Kier molecular flexibility index (Phi) is 9.21. The van der Waals surface area contributed by atoms with Crippen molar-refractivity contribution in [3.8, 4) is 69.0 Å². The molecule has 0 atom stereocenters. The highest BCUT2D eigenvalue weighted by atomic mass is 15.0. The van der Waals surface area contributed by atoms with Crippen LogP contribution in [0.15, 0.2) is 146 Å². The number of benzene rings is 8. The van der Waals surface area contributed by atoms with E-state index in [0.29, 0.717) is 27.8 Å². The topological polar surface area (TPSA) is 118 Å². The summed E-state index contributed by atoms with van der Waals surface area (Å²) in [6, 6.07) is 54.9. The van der Waals surface area contributed by atoms with E-state index in [0.717, 1.165) is 71.7 Å². The molecule has 0 unspecified atom stereocenters. The van der Waals surface area contributed by atoms with Crippen LogP contribution >= 0.6 is 0 Å². The first-order valence-electron chi connectivity index (χ1n) is 20.2. The zero-order valence-corrected chi connectivity index (χ0v) is 34.4. The predicted octanol–water partition coefficient (Wildman–Crippen LogP) is 14.3. The van der Waals surface area contributed by atoms with Gasteiger partial charge in [0.15, 0.2) is 17.1 Å². The lowest BCUT2D eigenvalue weighted by Gasteiger charge is -2.19. The van der Waals surface area contributed by atoms with Crippen molar-refractivity contribution in [2.45, 2.75) is 6.92 Å². The van der Waals surface area contributed by atoms with E-state index < -0.39 is 0 Å². The first-order chi connectivity index (χ1) is 31.8. The molecule has 9 nitrogen and oxygen atoms in total. The van der Waals surface area contributed by atoms with Crippen molar-refractivity contribution in [2.24, 2.45) is 0 Å². The Morgan fingerprint density at radius 1 is 0.431 bits per heavy atom. The van der Waals surface area contributed by atoms with Crippen LogP contribution in [-0.4, -0.2) is 9.13 Å². The van der Waals surface area contributed by atoms with E-state index in [2.05, 4.69) is 84.3 Å². The van der Waals surface area contributed by atoms with Crippen LogP contribution in [0, 0.1) is 72.0 Å². The molecule has 0 fully saturated rings. The van der Waals surface area contributed by atoms with E-state index >= 15 is 0 Å². The standard InChI is InChI=1S/C56H27N9/c1-33-13-17-43(54(21-33)65-50-12-8-6-10-42(50)46-26-36(16-20-53(46)65)55-38(31-59)22-35(30-58)24-47(55)62-3)44-23-34(29-57)14-18-51(44)64-49-11-7-5-9-41(49)45-27-37(15-19-52(45)64)56-39(32-60)25-40(61-2)28-48(56)63-4/h5-28H,1H3. The average Bonchev–Trinajstić information content (AvgIpc) is 3.87. The van der Waals surface area contributed by atoms with Gasteiger partial charge in [-0.2, -0.15) is 21.0 Å². The van der Waals surface area contributed by atoms with Crippen molar-refractivity contribution >= 4 is 60.7 Å². The smallest absolute Gasteiger partial charge is 0.197 e. The zero-order valence-electron chi connectivity index (χ0n) is 34.4. The molecule has 0 bridgehead atoms. The van der Waals surface area contributed by atoms with Crippen LogP contribution < -0.4 is 0 Å². The van der Waals surface area contributed by atoms with Gasteiger partial charge in [-0.15, -0.1) is 0 Å². The Labute approximate surface area is 373 Å². The van der Waals surface area contributed by atoms with Gasteiger partial charge in [-0.05, 0) is 102 Å². The van der Waals surface area contributed by atoms with Crippen molar-refractivity contribution in [3.05, 3.63) is 208 Å². The molecule has 0 spiro atoms. The summed E-state index contributed by atoms with van der Waals surface area (Å²) in [6.45, 7) is 25.5. The Bertz CT molecular complexity index is 3990. The van der Waals surface area contributed by atoms with Gasteiger partial charge < -0.3 is 9.13 Å². The van der Waals surface area contributed by atoms with Crippen molar-refractivity contribution in [3.63, 3.8) is 0 Å². The third-order valence-electron chi connectivity index (χ3n) is 11.9. The molecule has 0 saturated heterocycles. The Balaban J connectivity index is 1.23. The summed E-state index contributed by atoms with van der Waals surface area (Å²) < 4.78 is 4.41. The van der Waals surface area contributed by atoms with Gasteiger partial charge in [0.1, 0.15) is 0 Å². The molecule has 0 aliphatic carbocycles. The second-order valence-electron chi connectivity index (χ2n) is 15.5. The lowest BCUT2D eigenvalue weighted by molar-refractivity contribution is 1.15. The van der Waals surface area contributed by atoms with Gasteiger partial charge in [-0.3, -0.25) is 0 Å². The SMILES string of the molecule is [C-]#[N+]c1cc(C#N)c(-c2ccc3c(c2)c2ccccc2n3-c2ccc(C#N)cc2-c2ccc(C)cc2-n2c3ccccc3c3cc(-c4c(C#N)cc(C#N)cc4[N+]#[C-])ccc32)c([N+]#[C-])c1. The van der Waals surface area contributed by atoms with Gasteiger partial charge in [-0.25, -0.2) is 14.5 Å². The average molecular weight is 826 g/mol. The number of hydrogen-bond donors (Lipinski definition) is 0. The highest BCUT2D eigenvalue weighted by molar-refractivity contribution is 6.13. The molecule has 0 N–H and O–H groups in total. The van der Waals surface area contributed by atoms with Gasteiger partial charge in [0, 0.05) is 54.9 Å². The van der Waals surface area contributed by atoms with Crippen molar-refractivity contribution in [2.75, 3.05) is 0 Å². The number of hydrogen-bond acceptors (Lipinski definition) is 4. The Morgan fingerprint density at radius 2 is 0.985 bits per heavy atom. The summed E-state index contributed by atoms with van der Waals surface area (Å²) in [7, 11) is 0. The first-order valence-corrected chi connectivity index (χ1v) is 20.2. The lowest BCUT2D eigenvalue weighted by atomic mass is 9.95. The van der Waals surface area contributed by atoms with E-state index in [1.807, 2.05) is 91.9 Å². The minimum Gasteiger partial charge on any atom is -0.309 e. The number of aryl methyl sites for hydroxylation is 1. The highest BCUT2D eigenvalue weighted by Crippen LogP contribution is 2.45. The number of nitrogens with zero attached hydrogens (tertiary/aromatic N) is 9. The van der Waals surface area contributed by atoms with E-state index in [1.54, 1.807) is 0 Å². The van der Waals surface area contributed by atoms with Gasteiger partial charge in [0.2, 0.25) is 0 Å². The fraction of sp³-hybridized carbons (Fsp3) is 0.0179. The van der Waals surface area contributed by atoms with Crippen LogP contribution in [0.4, 0.5) is 17.1 Å². The third kappa shape index (κ3) is 6.10. The summed E-state index contributed by atoms with van der Waals surface area (Å²) in [5.74, 6) is 0. The van der Waals surface area contributed by atoms with Crippen molar-refractivity contribution in [1.82, 2.24) is 9.13 Å². The normalized spacial score (nSPS) is 10.7.